The van der Waals surface area contributed by atoms with Crippen molar-refractivity contribution in [2.24, 2.45) is 0 Å². The molecule has 0 saturated carbocycles. The van der Waals surface area contributed by atoms with Crippen molar-refractivity contribution >= 4 is 23.2 Å². The van der Waals surface area contributed by atoms with E-state index in [4.69, 9.17) is 5.73 Å². The molecule has 0 radical (unpaired) electrons. The maximum atomic E-state index is 11.4. The first kappa shape index (κ1) is 12.9. The number of pyridine rings is 1. The summed E-state index contributed by atoms with van der Waals surface area (Å²) in [6, 6.07) is 3.12. The molecule has 19 heavy (non-hydrogen) atoms. The lowest BCUT2D eigenvalue weighted by molar-refractivity contribution is 0.0594. The Morgan fingerprint density at radius 1 is 1.53 bits per heavy atom. The molecule has 0 atom stereocenters. The molecule has 0 fully saturated rings. The van der Waals surface area contributed by atoms with E-state index in [0.29, 0.717) is 11.5 Å². The Kier molecular flexibility index (Phi) is 3.65. The molecule has 0 bridgehead atoms. The molecule has 0 aliphatic rings. The summed E-state index contributed by atoms with van der Waals surface area (Å²) in [5, 5.41) is 7.15. The molecular formula is C12H15N5O2. The fourth-order valence-corrected chi connectivity index (χ4v) is 1.53. The first-order valence-corrected chi connectivity index (χ1v) is 5.78. The average Bonchev–Trinajstić information content (AvgIpc) is 2.88. The highest BCUT2D eigenvalue weighted by atomic mass is 16.5. The second-order valence-electron chi connectivity index (χ2n) is 3.84. The van der Waals surface area contributed by atoms with Crippen LogP contribution in [0.1, 0.15) is 17.4 Å². The Morgan fingerprint density at radius 2 is 2.32 bits per heavy atom. The number of carbonyl (C=O) groups is 1. The minimum Gasteiger partial charge on any atom is -0.464 e. The van der Waals surface area contributed by atoms with E-state index in [-0.39, 0.29) is 5.69 Å². The summed E-state index contributed by atoms with van der Waals surface area (Å²) in [6.45, 7) is 2.76. The van der Waals surface area contributed by atoms with Gasteiger partial charge < -0.3 is 15.8 Å². The maximum absolute atomic E-state index is 11.4. The Balaban J connectivity index is 2.25. The minimum atomic E-state index is -0.507. The molecule has 2 rings (SSSR count). The SMILES string of the molecule is CCn1cc(Nc2nc(C(=O)OC)ccc2N)cn1. The number of nitrogens with one attached hydrogen (secondary N) is 1. The van der Waals surface area contributed by atoms with Crippen molar-refractivity contribution in [3.8, 4) is 0 Å². The fraction of sp³-hybridized carbons (Fsp3) is 0.250. The summed E-state index contributed by atoms with van der Waals surface area (Å²) in [5.74, 6) is -0.106. The molecule has 3 N–H and O–H groups in total. The number of hydrogen-bond donors (Lipinski definition) is 2. The van der Waals surface area contributed by atoms with E-state index in [1.165, 1.54) is 13.2 Å². The number of methoxy groups -OCH3 is 1. The van der Waals surface area contributed by atoms with Crippen LogP contribution in [0.15, 0.2) is 24.5 Å². The number of rotatable bonds is 4. The van der Waals surface area contributed by atoms with Gasteiger partial charge in [0.2, 0.25) is 0 Å². The third kappa shape index (κ3) is 2.82. The zero-order valence-corrected chi connectivity index (χ0v) is 10.8. The lowest BCUT2D eigenvalue weighted by Crippen LogP contribution is -2.07. The predicted octanol–water partition coefficient (Wildman–Crippen LogP) is 1.41. The first-order valence-electron chi connectivity index (χ1n) is 5.78. The molecule has 7 nitrogen and oxygen atoms in total. The number of hydrogen-bond acceptors (Lipinski definition) is 6. The van der Waals surface area contributed by atoms with E-state index in [1.54, 1.807) is 16.9 Å². The Labute approximate surface area is 110 Å². The molecule has 100 valence electrons. The highest BCUT2D eigenvalue weighted by molar-refractivity contribution is 5.88. The molecule has 0 aromatic carbocycles. The van der Waals surface area contributed by atoms with E-state index in [2.05, 4.69) is 20.1 Å². The van der Waals surface area contributed by atoms with Crippen LogP contribution >= 0.6 is 0 Å². The van der Waals surface area contributed by atoms with E-state index >= 15 is 0 Å². The normalized spacial score (nSPS) is 10.2. The van der Waals surface area contributed by atoms with Gasteiger partial charge in [0.25, 0.3) is 0 Å². The summed E-state index contributed by atoms with van der Waals surface area (Å²) in [5.41, 5.74) is 7.20. The molecule has 0 unspecified atom stereocenters. The molecule has 0 amide bonds. The molecule has 2 aromatic heterocycles. The number of nitrogens with zero attached hydrogens (tertiary/aromatic N) is 3. The summed E-state index contributed by atoms with van der Waals surface area (Å²) < 4.78 is 6.38. The van der Waals surface area contributed by atoms with Gasteiger partial charge in [-0.3, -0.25) is 4.68 Å². The van der Waals surface area contributed by atoms with Gasteiger partial charge in [0.15, 0.2) is 11.5 Å². The van der Waals surface area contributed by atoms with Crippen LogP contribution in [-0.2, 0) is 11.3 Å². The molecule has 2 heterocycles. The van der Waals surface area contributed by atoms with Gasteiger partial charge in [0, 0.05) is 12.7 Å². The summed E-state index contributed by atoms with van der Waals surface area (Å²) in [7, 11) is 1.30. The quantitative estimate of drug-likeness (QED) is 0.808. The lowest BCUT2D eigenvalue weighted by Gasteiger charge is -2.07. The average molecular weight is 261 g/mol. The summed E-state index contributed by atoms with van der Waals surface area (Å²) in [6.07, 6.45) is 3.49. The monoisotopic (exact) mass is 261 g/mol. The van der Waals surface area contributed by atoms with E-state index in [9.17, 15) is 4.79 Å². The van der Waals surface area contributed by atoms with E-state index in [1.807, 2.05) is 13.1 Å². The number of esters is 1. The number of anilines is 3. The maximum Gasteiger partial charge on any atom is 0.356 e. The first-order chi connectivity index (χ1) is 9.13. The van der Waals surface area contributed by atoms with E-state index < -0.39 is 5.97 Å². The third-order valence-electron chi connectivity index (χ3n) is 2.54. The van der Waals surface area contributed by atoms with E-state index in [0.717, 1.165) is 12.2 Å². The van der Waals surface area contributed by atoms with Crippen LogP contribution in [-0.4, -0.2) is 27.8 Å². The molecule has 2 aromatic rings. The smallest absolute Gasteiger partial charge is 0.356 e. The highest BCUT2D eigenvalue weighted by Crippen LogP contribution is 2.21. The van der Waals surface area contributed by atoms with Gasteiger partial charge in [0.05, 0.1) is 24.7 Å². The zero-order chi connectivity index (χ0) is 13.8. The Bertz CT molecular complexity index is 594. The van der Waals surface area contributed by atoms with Gasteiger partial charge in [-0.2, -0.15) is 5.10 Å². The molecule has 0 saturated heterocycles. The number of aryl methyl sites for hydroxylation is 1. The van der Waals surface area contributed by atoms with Crippen molar-refractivity contribution in [1.29, 1.82) is 0 Å². The zero-order valence-electron chi connectivity index (χ0n) is 10.8. The molecular weight excluding hydrogens is 246 g/mol. The molecule has 0 aliphatic heterocycles. The number of carbonyl (C=O) groups excluding carboxylic acids is 1. The van der Waals surface area contributed by atoms with Crippen molar-refractivity contribution in [2.75, 3.05) is 18.2 Å². The van der Waals surface area contributed by atoms with Crippen molar-refractivity contribution in [1.82, 2.24) is 14.8 Å². The Hall–Kier alpha value is -2.57. The standard InChI is InChI=1S/C12H15N5O2/c1-3-17-7-8(6-14-17)15-11-9(13)4-5-10(16-11)12(18)19-2/h4-7H,3,13H2,1-2H3,(H,15,16). The van der Waals surface area contributed by atoms with Crippen LogP contribution in [0.25, 0.3) is 0 Å². The number of aromatic nitrogens is 3. The van der Waals surface area contributed by atoms with Gasteiger partial charge in [-0.05, 0) is 19.1 Å². The number of ether oxygens (including phenoxy) is 1. The fourth-order valence-electron chi connectivity index (χ4n) is 1.53. The van der Waals surface area contributed by atoms with Crippen LogP contribution in [0.4, 0.5) is 17.2 Å². The van der Waals surface area contributed by atoms with Crippen molar-refractivity contribution in [3.05, 3.63) is 30.2 Å². The van der Waals surface area contributed by atoms with Gasteiger partial charge >= 0.3 is 5.97 Å². The minimum absolute atomic E-state index is 0.196. The summed E-state index contributed by atoms with van der Waals surface area (Å²) in [4.78, 5) is 15.5. The van der Waals surface area contributed by atoms with Crippen LogP contribution in [0.5, 0.6) is 0 Å². The second kappa shape index (κ2) is 5.38. The van der Waals surface area contributed by atoms with Crippen molar-refractivity contribution in [2.45, 2.75) is 13.5 Å². The number of nitrogen functional groups attached to an aromatic ring is 1. The Morgan fingerprint density at radius 3 is 2.95 bits per heavy atom. The van der Waals surface area contributed by atoms with Crippen LogP contribution in [0.3, 0.4) is 0 Å². The molecule has 0 spiro atoms. The van der Waals surface area contributed by atoms with Crippen LogP contribution < -0.4 is 11.1 Å². The van der Waals surface area contributed by atoms with Gasteiger partial charge in [-0.25, -0.2) is 9.78 Å². The van der Waals surface area contributed by atoms with Gasteiger partial charge in [-0.15, -0.1) is 0 Å². The van der Waals surface area contributed by atoms with Crippen molar-refractivity contribution < 1.29 is 9.53 Å². The highest BCUT2D eigenvalue weighted by Gasteiger charge is 2.11. The molecule has 7 heteroatoms. The molecule has 0 aliphatic carbocycles. The topological polar surface area (TPSA) is 95.1 Å². The predicted molar refractivity (Wildman–Crippen MR) is 71.2 cm³/mol. The lowest BCUT2D eigenvalue weighted by atomic mass is 10.3. The van der Waals surface area contributed by atoms with Crippen LogP contribution in [0, 0.1) is 0 Å². The van der Waals surface area contributed by atoms with Gasteiger partial charge in [-0.1, -0.05) is 0 Å². The second-order valence-corrected chi connectivity index (χ2v) is 3.84. The number of nitrogens with two attached hydrogens (primary N) is 1. The largest absolute Gasteiger partial charge is 0.464 e. The van der Waals surface area contributed by atoms with Gasteiger partial charge in [0.1, 0.15) is 0 Å². The third-order valence-corrected chi connectivity index (χ3v) is 2.54. The summed E-state index contributed by atoms with van der Waals surface area (Å²) >= 11 is 0. The van der Waals surface area contributed by atoms with Crippen molar-refractivity contribution in [3.63, 3.8) is 0 Å². The van der Waals surface area contributed by atoms with Crippen LogP contribution in [0.2, 0.25) is 0 Å².